The fourth-order valence-corrected chi connectivity index (χ4v) is 2.80. The molecule has 1 aliphatic heterocycles. The first-order chi connectivity index (χ1) is 10.1. The molecule has 7 nitrogen and oxygen atoms in total. The summed E-state index contributed by atoms with van der Waals surface area (Å²) in [5.41, 5.74) is 1.33. The maximum absolute atomic E-state index is 12.5. The predicted molar refractivity (Wildman–Crippen MR) is 93.9 cm³/mol. The Labute approximate surface area is 146 Å². The molecule has 2 aromatic heterocycles. The number of carbonyl (C=O) groups is 1. The fraction of sp³-hybridized carbons (Fsp3) is 0.500. The summed E-state index contributed by atoms with van der Waals surface area (Å²) in [5.74, 6) is -0.212. The maximum atomic E-state index is 12.5. The van der Waals surface area contributed by atoms with E-state index in [0.29, 0.717) is 22.3 Å². The number of pyridine rings is 1. The Morgan fingerprint density at radius 3 is 2.83 bits per heavy atom. The zero-order valence-corrected chi connectivity index (χ0v) is 14.6. The van der Waals surface area contributed by atoms with Crippen LogP contribution in [0.4, 0.5) is 0 Å². The summed E-state index contributed by atoms with van der Waals surface area (Å²) in [4.78, 5) is 28.9. The molecule has 2 aromatic rings. The highest BCUT2D eigenvalue weighted by Gasteiger charge is 2.21. The third-order valence-corrected chi connectivity index (χ3v) is 3.82. The first-order valence-electron chi connectivity index (χ1n) is 7.14. The van der Waals surface area contributed by atoms with Crippen LogP contribution in [0.5, 0.6) is 0 Å². The Hall–Kier alpha value is -1.57. The second-order valence-electron chi connectivity index (χ2n) is 5.53. The van der Waals surface area contributed by atoms with Crippen LogP contribution in [0.2, 0.25) is 0 Å². The minimum atomic E-state index is -0.285. The SMILES string of the molecule is Cc1cc(C(=O)N[C@H]2CCCNC2)c2c(=O)[nH]n(C)c2n1.Cl.Cl. The summed E-state index contributed by atoms with van der Waals surface area (Å²) in [6, 6.07) is 1.78. The van der Waals surface area contributed by atoms with Crippen molar-refractivity contribution in [2.24, 2.45) is 7.05 Å². The zero-order chi connectivity index (χ0) is 15.0. The third kappa shape index (κ3) is 3.85. The van der Waals surface area contributed by atoms with Gasteiger partial charge < -0.3 is 10.6 Å². The van der Waals surface area contributed by atoms with Gasteiger partial charge in [0.2, 0.25) is 0 Å². The van der Waals surface area contributed by atoms with Gasteiger partial charge in [0.1, 0.15) is 0 Å². The van der Waals surface area contributed by atoms with Crippen molar-refractivity contribution < 1.29 is 4.79 Å². The van der Waals surface area contributed by atoms with Gasteiger partial charge in [-0.15, -0.1) is 24.8 Å². The van der Waals surface area contributed by atoms with Crippen molar-refractivity contribution in [3.63, 3.8) is 0 Å². The smallest absolute Gasteiger partial charge is 0.274 e. The predicted octanol–water partition coefficient (Wildman–Crippen LogP) is 0.895. The van der Waals surface area contributed by atoms with E-state index in [2.05, 4.69) is 20.7 Å². The van der Waals surface area contributed by atoms with Gasteiger partial charge in [-0.05, 0) is 32.4 Å². The van der Waals surface area contributed by atoms with Crippen molar-refractivity contribution in [1.82, 2.24) is 25.4 Å². The van der Waals surface area contributed by atoms with Gasteiger partial charge in [-0.2, -0.15) is 0 Å². The second-order valence-corrected chi connectivity index (χ2v) is 5.53. The molecule has 3 rings (SSSR count). The van der Waals surface area contributed by atoms with E-state index in [9.17, 15) is 9.59 Å². The molecule has 0 aromatic carbocycles. The second kappa shape index (κ2) is 7.81. The van der Waals surface area contributed by atoms with E-state index in [1.165, 1.54) is 0 Å². The van der Waals surface area contributed by atoms with Gasteiger partial charge in [-0.3, -0.25) is 19.4 Å². The highest BCUT2D eigenvalue weighted by atomic mass is 35.5. The standard InChI is InChI=1S/C14H19N5O2.2ClH/c1-8-6-10(11-12(16-8)19(2)18-14(11)21)13(20)17-9-4-3-5-15-7-9;;/h6,9,15H,3-5,7H2,1-2H3,(H,17,20)(H,18,21);2*1H/t9-;;/m0../s1. The monoisotopic (exact) mass is 361 g/mol. The molecule has 0 spiro atoms. The average molecular weight is 362 g/mol. The first kappa shape index (κ1) is 19.5. The lowest BCUT2D eigenvalue weighted by Crippen LogP contribution is -2.45. The number of piperidine rings is 1. The van der Waals surface area contributed by atoms with Crippen LogP contribution < -0.4 is 16.2 Å². The molecule has 0 radical (unpaired) electrons. The summed E-state index contributed by atoms with van der Waals surface area (Å²) < 4.78 is 1.55. The van der Waals surface area contributed by atoms with Crippen LogP contribution in [0.25, 0.3) is 11.0 Å². The fourth-order valence-electron chi connectivity index (χ4n) is 2.80. The van der Waals surface area contributed by atoms with Crippen molar-refractivity contribution in [2.45, 2.75) is 25.8 Å². The molecule has 0 saturated carbocycles. The van der Waals surface area contributed by atoms with Crippen molar-refractivity contribution in [1.29, 1.82) is 0 Å². The minimum absolute atomic E-state index is 0. The average Bonchev–Trinajstić information content (AvgIpc) is 2.74. The molecule has 1 amide bonds. The molecule has 0 aliphatic carbocycles. The number of rotatable bonds is 2. The van der Waals surface area contributed by atoms with Gasteiger partial charge in [0, 0.05) is 25.3 Å². The van der Waals surface area contributed by atoms with Crippen LogP contribution in [-0.2, 0) is 7.05 Å². The summed E-state index contributed by atoms with van der Waals surface area (Å²) in [6.45, 7) is 3.57. The van der Waals surface area contributed by atoms with Crippen LogP contribution in [0.3, 0.4) is 0 Å². The van der Waals surface area contributed by atoms with Gasteiger partial charge >= 0.3 is 0 Å². The Morgan fingerprint density at radius 2 is 2.17 bits per heavy atom. The maximum Gasteiger partial charge on any atom is 0.274 e. The van der Waals surface area contributed by atoms with Crippen LogP contribution in [0.1, 0.15) is 28.9 Å². The molecule has 23 heavy (non-hydrogen) atoms. The number of amides is 1. The number of halogens is 2. The van der Waals surface area contributed by atoms with E-state index in [1.807, 2.05) is 6.92 Å². The van der Waals surface area contributed by atoms with Gasteiger partial charge in [-0.1, -0.05) is 0 Å². The molecule has 3 N–H and O–H groups in total. The zero-order valence-electron chi connectivity index (χ0n) is 13.0. The normalized spacial score (nSPS) is 17.2. The number of fused-ring (bicyclic) bond motifs is 1. The van der Waals surface area contributed by atoms with Gasteiger partial charge in [0.05, 0.1) is 10.9 Å². The van der Waals surface area contributed by atoms with Gasteiger partial charge in [-0.25, -0.2) is 4.98 Å². The van der Waals surface area contributed by atoms with E-state index in [1.54, 1.807) is 17.8 Å². The highest BCUT2D eigenvalue weighted by molar-refractivity contribution is 6.05. The van der Waals surface area contributed by atoms with E-state index < -0.39 is 0 Å². The number of aryl methyl sites for hydroxylation is 2. The van der Waals surface area contributed by atoms with Crippen LogP contribution in [-0.4, -0.2) is 39.8 Å². The van der Waals surface area contributed by atoms with Crippen LogP contribution in [0, 0.1) is 6.92 Å². The van der Waals surface area contributed by atoms with Crippen LogP contribution in [0.15, 0.2) is 10.9 Å². The highest BCUT2D eigenvalue weighted by Crippen LogP contribution is 2.15. The molecule has 0 unspecified atom stereocenters. The summed E-state index contributed by atoms with van der Waals surface area (Å²) >= 11 is 0. The van der Waals surface area contributed by atoms with Crippen molar-refractivity contribution >= 4 is 41.8 Å². The van der Waals surface area contributed by atoms with Gasteiger partial charge in [0.15, 0.2) is 5.65 Å². The number of aromatic nitrogens is 3. The molecule has 3 heterocycles. The molecule has 128 valence electrons. The van der Waals surface area contributed by atoms with E-state index >= 15 is 0 Å². The minimum Gasteiger partial charge on any atom is -0.348 e. The lowest BCUT2D eigenvalue weighted by Gasteiger charge is -2.23. The van der Waals surface area contributed by atoms with Crippen molar-refractivity contribution in [3.8, 4) is 0 Å². The molecule has 9 heteroatoms. The Morgan fingerprint density at radius 1 is 1.43 bits per heavy atom. The van der Waals surface area contributed by atoms with Crippen LogP contribution >= 0.6 is 24.8 Å². The van der Waals surface area contributed by atoms with E-state index in [4.69, 9.17) is 0 Å². The molecule has 1 fully saturated rings. The lowest BCUT2D eigenvalue weighted by atomic mass is 10.1. The Balaban J connectivity index is 0.00000132. The molecule has 1 atom stereocenters. The number of nitrogens with zero attached hydrogens (tertiary/aromatic N) is 2. The number of carbonyl (C=O) groups excluding carboxylic acids is 1. The largest absolute Gasteiger partial charge is 0.348 e. The number of H-pyrrole nitrogens is 1. The molecule has 1 saturated heterocycles. The molecular formula is C14H21Cl2N5O2. The molecule has 1 aliphatic rings. The lowest BCUT2D eigenvalue weighted by molar-refractivity contribution is 0.0932. The first-order valence-corrected chi connectivity index (χ1v) is 7.14. The Kier molecular flexibility index (Phi) is 6.61. The summed E-state index contributed by atoms with van der Waals surface area (Å²) in [7, 11) is 1.71. The summed E-state index contributed by atoms with van der Waals surface area (Å²) in [5, 5.41) is 9.26. The third-order valence-electron chi connectivity index (χ3n) is 3.82. The number of hydrogen-bond donors (Lipinski definition) is 3. The quantitative estimate of drug-likeness (QED) is 0.740. The topological polar surface area (TPSA) is 91.8 Å². The van der Waals surface area contributed by atoms with Crippen molar-refractivity contribution in [3.05, 3.63) is 27.7 Å². The number of aromatic amines is 1. The number of hydrogen-bond acceptors (Lipinski definition) is 4. The van der Waals surface area contributed by atoms with E-state index in [-0.39, 0.29) is 42.3 Å². The molecule has 0 bridgehead atoms. The summed E-state index contributed by atoms with van der Waals surface area (Å²) in [6.07, 6.45) is 2.00. The van der Waals surface area contributed by atoms with Crippen molar-refractivity contribution in [2.75, 3.05) is 13.1 Å². The Bertz CT molecular complexity index is 749. The van der Waals surface area contributed by atoms with Gasteiger partial charge in [0.25, 0.3) is 11.5 Å². The molecular weight excluding hydrogens is 341 g/mol. The van der Waals surface area contributed by atoms with E-state index in [0.717, 1.165) is 25.9 Å². The number of nitrogens with one attached hydrogen (secondary N) is 3.